The maximum absolute atomic E-state index is 10.7. The molecule has 5 rings (SSSR count). The number of phenols is 1. The molecule has 2 aromatic heterocycles. The zero-order valence-electron chi connectivity index (χ0n) is 17.3. The van der Waals surface area contributed by atoms with Crippen molar-refractivity contribution >= 4 is 34.6 Å². The molecule has 1 aliphatic rings. The Labute approximate surface area is 196 Å². The molecule has 0 amide bonds. The summed E-state index contributed by atoms with van der Waals surface area (Å²) in [6.45, 7) is 2.08. The van der Waals surface area contributed by atoms with Gasteiger partial charge < -0.3 is 19.9 Å². The van der Waals surface area contributed by atoms with Gasteiger partial charge in [0.15, 0.2) is 5.11 Å². The van der Waals surface area contributed by atoms with E-state index < -0.39 is 0 Å². The highest BCUT2D eigenvalue weighted by atomic mass is 35.5. The topological polar surface area (TPSA) is 53.3 Å². The molecule has 1 aliphatic heterocycles. The number of hydrogen-bond donors (Lipinski definition) is 2. The van der Waals surface area contributed by atoms with Gasteiger partial charge in [-0.3, -0.25) is 4.98 Å². The van der Waals surface area contributed by atoms with E-state index in [0.717, 1.165) is 22.8 Å². The van der Waals surface area contributed by atoms with Gasteiger partial charge in [-0.2, -0.15) is 0 Å². The molecule has 0 saturated carbocycles. The van der Waals surface area contributed by atoms with E-state index in [-0.39, 0.29) is 17.8 Å². The molecule has 1 saturated heterocycles. The Hall–Kier alpha value is -3.35. The van der Waals surface area contributed by atoms with Crippen LogP contribution >= 0.6 is 23.8 Å². The number of phenolic OH excluding ortho intramolecular Hbond substituents is 1. The minimum atomic E-state index is -0.268. The van der Waals surface area contributed by atoms with Gasteiger partial charge in [0.1, 0.15) is 11.8 Å². The molecule has 4 aromatic rings. The Morgan fingerprint density at radius 1 is 1.00 bits per heavy atom. The van der Waals surface area contributed by atoms with Crippen LogP contribution in [-0.4, -0.2) is 19.8 Å². The third-order valence-electron chi connectivity index (χ3n) is 5.72. The molecular formula is C25H21ClN4OS. The first-order valence-electron chi connectivity index (χ1n) is 10.3. The highest BCUT2D eigenvalue weighted by Gasteiger charge is 2.43. The normalized spacial score (nSPS) is 18.1. The quantitative estimate of drug-likeness (QED) is 0.381. The fourth-order valence-electron chi connectivity index (χ4n) is 4.32. The van der Waals surface area contributed by atoms with E-state index in [1.54, 1.807) is 24.4 Å². The van der Waals surface area contributed by atoms with Crippen molar-refractivity contribution in [2.45, 2.75) is 19.0 Å². The third-order valence-corrected chi connectivity index (χ3v) is 6.27. The average molecular weight is 461 g/mol. The average Bonchev–Trinajstić information content (AvgIpc) is 3.36. The molecule has 2 aromatic carbocycles. The van der Waals surface area contributed by atoms with Gasteiger partial charge in [-0.25, -0.2) is 0 Å². The maximum atomic E-state index is 10.7. The smallest absolute Gasteiger partial charge is 0.174 e. The molecule has 0 unspecified atom stereocenters. The zero-order chi connectivity index (χ0) is 22.2. The second-order valence-corrected chi connectivity index (χ2v) is 8.52. The van der Waals surface area contributed by atoms with Crippen molar-refractivity contribution < 1.29 is 5.11 Å². The van der Waals surface area contributed by atoms with Crippen LogP contribution in [-0.2, 0) is 0 Å². The number of aryl methyl sites for hydroxylation is 1. The van der Waals surface area contributed by atoms with Crippen LogP contribution in [0.15, 0.2) is 85.1 Å². The number of rotatable bonds is 4. The molecule has 5 nitrogen and oxygen atoms in total. The Morgan fingerprint density at radius 2 is 1.78 bits per heavy atom. The van der Waals surface area contributed by atoms with Gasteiger partial charge in [-0.05, 0) is 73.7 Å². The SMILES string of the molecule is Cc1ccc([C@@H]2[C@H](c3ccccn3)NC(=S)N2c2cc(Cl)ccc2O)n1-c1ccccc1. The van der Waals surface area contributed by atoms with Crippen LogP contribution < -0.4 is 10.2 Å². The molecule has 2 N–H and O–H groups in total. The van der Waals surface area contributed by atoms with Crippen molar-refractivity contribution in [1.82, 2.24) is 14.9 Å². The summed E-state index contributed by atoms with van der Waals surface area (Å²) < 4.78 is 2.21. The van der Waals surface area contributed by atoms with Gasteiger partial charge in [0, 0.05) is 28.3 Å². The summed E-state index contributed by atoms with van der Waals surface area (Å²) in [7, 11) is 0. The molecular weight excluding hydrogens is 440 g/mol. The van der Waals surface area contributed by atoms with E-state index in [0.29, 0.717) is 15.8 Å². The predicted octanol–water partition coefficient (Wildman–Crippen LogP) is 5.72. The van der Waals surface area contributed by atoms with Crippen LogP contribution in [0.25, 0.3) is 5.69 Å². The number of pyridine rings is 1. The second kappa shape index (κ2) is 8.30. The summed E-state index contributed by atoms with van der Waals surface area (Å²) in [5.41, 5.74) is 4.59. The first-order chi connectivity index (χ1) is 15.5. The number of para-hydroxylation sites is 1. The first-order valence-corrected chi connectivity index (χ1v) is 11.1. The number of aromatic nitrogens is 2. The molecule has 7 heteroatoms. The number of hydrogen-bond acceptors (Lipinski definition) is 3. The van der Waals surface area contributed by atoms with E-state index in [1.165, 1.54) is 0 Å². The first kappa shape index (κ1) is 20.5. The van der Waals surface area contributed by atoms with Crippen molar-refractivity contribution in [3.63, 3.8) is 0 Å². The number of benzene rings is 2. The fourth-order valence-corrected chi connectivity index (χ4v) is 4.83. The van der Waals surface area contributed by atoms with Crippen LogP contribution in [0, 0.1) is 6.92 Å². The van der Waals surface area contributed by atoms with Crippen LogP contribution in [0.4, 0.5) is 5.69 Å². The molecule has 1 fully saturated rings. The molecule has 2 atom stereocenters. The number of halogens is 1. The largest absolute Gasteiger partial charge is 0.506 e. The van der Waals surface area contributed by atoms with Crippen LogP contribution in [0.3, 0.4) is 0 Å². The third kappa shape index (κ3) is 3.51. The Balaban J connectivity index is 1.73. The molecule has 0 aliphatic carbocycles. The van der Waals surface area contributed by atoms with Crippen LogP contribution in [0.5, 0.6) is 5.75 Å². The molecule has 32 heavy (non-hydrogen) atoms. The van der Waals surface area contributed by atoms with E-state index in [2.05, 4.69) is 46.1 Å². The minimum absolute atomic E-state index is 0.111. The summed E-state index contributed by atoms with van der Waals surface area (Å²) in [5.74, 6) is 0.111. The van der Waals surface area contributed by atoms with Crippen molar-refractivity contribution in [2.24, 2.45) is 0 Å². The summed E-state index contributed by atoms with van der Waals surface area (Å²) >= 11 is 12.1. The van der Waals surface area contributed by atoms with E-state index in [4.69, 9.17) is 23.8 Å². The molecule has 160 valence electrons. The highest BCUT2D eigenvalue weighted by Crippen LogP contribution is 2.45. The van der Waals surface area contributed by atoms with E-state index in [9.17, 15) is 5.11 Å². The summed E-state index contributed by atoms with van der Waals surface area (Å²) in [4.78, 5) is 6.54. The van der Waals surface area contributed by atoms with Crippen LogP contribution in [0.2, 0.25) is 5.02 Å². The maximum Gasteiger partial charge on any atom is 0.174 e. The number of anilines is 1. The van der Waals surface area contributed by atoms with Gasteiger partial charge in [-0.1, -0.05) is 35.9 Å². The van der Waals surface area contributed by atoms with Crippen LogP contribution in [0.1, 0.15) is 29.2 Å². The fraction of sp³-hybridized carbons (Fsp3) is 0.120. The number of thiocarbonyl (C=S) groups is 1. The van der Waals surface area contributed by atoms with Gasteiger partial charge in [0.05, 0.1) is 17.4 Å². The lowest BCUT2D eigenvalue weighted by atomic mass is 10.0. The number of nitrogens with zero attached hydrogens (tertiary/aromatic N) is 3. The van der Waals surface area contributed by atoms with E-state index >= 15 is 0 Å². The van der Waals surface area contributed by atoms with Crippen molar-refractivity contribution in [3.8, 4) is 11.4 Å². The summed E-state index contributed by atoms with van der Waals surface area (Å²) in [6.07, 6.45) is 1.78. The zero-order valence-corrected chi connectivity index (χ0v) is 18.9. The lowest BCUT2D eigenvalue weighted by Crippen LogP contribution is -2.30. The van der Waals surface area contributed by atoms with E-state index in [1.807, 2.05) is 41.3 Å². The Bertz CT molecular complexity index is 1280. The molecule has 0 radical (unpaired) electrons. The molecule has 0 bridgehead atoms. The van der Waals surface area contributed by atoms with Gasteiger partial charge in [-0.15, -0.1) is 0 Å². The van der Waals surface area contributed by atoms with Gasteiger partial charge >= 0.3 is 0 Å². The lowest BCUT2D eigenvalue weighted by molar-refractivity contribution is 0.472. The molecule has 3 heterocycles. The van der Waals surface area contributed by atoms with Crippen molar-refractivity contribution in [2.75, 3.05) is 4.90 Å². The number of nitrogens with one attached hydrogen (secondary N) is 1. The lowest BCUT2D eigenvalue weighted by Gasteiger charge is -2.29. The van der Waals surface area contributed by atoms with Crippen molar-refractivity contribution in [3.05, 3.63) is 107 Å². The minimum Gasteiger partial charge on any atom is -0.506 e. The summed E-state index contributed by atoms with van der Waals surface area (Å²) in [5, 5.41) is 15.2. The standard InChI is InChI=1S/C25H21ClN4OS/c1-16-10-12-20(29(16)18-7-3-2-4-8-18)24-23(19-9-5-6-14-27-19)28-25(32)30(24)21-15-17(26)11-13-22(21)31/h2-15,23-24,31H,1H3,(H,28,32)/t23-,24+/m0/s1. The monoisotopic (exact) mass is 460 g/mol. The molecule has 0 spiro atoms. The number of aromatic hydroxyl groups is 1. The van der Waals surface area contributed by atoms with Crippen molar-refractivity contribution in [1.29, 1.82) is 0 Å². The highest BCUT2D eigenvalue weighted by molar-refractivity contribution is 7.80. The van der Waals surface area contributed by atoms with Gasteiger partial charge in [0.2, 0.25) is 0 Å². The Kier molecular flexibility index (Phi) is 5.33. The second-order valence-electron chi connectivity index (χ2n) is 7.70. The predicted molar refractivity (Wildman–Crippen MR) is 132 cm³/mol. The summed E-state index contributed by atoms with van der Waals surface area (Å²) in [6, 6.07) is 24.7. The van der Waals surface area contributed by atoms with Gasteiger partial charge in [0.25, 0.3) is 0 Å². The Morgan fingerprint density at radius 3 is 2.53 bits per heavy atom.